The van der Waals surface area contributed by atoms with Gasteiger partial charge in [-0.15, -0.1) is 33.9 Å². The summed E-state index contributed by atoms with van der Waals surface area (Å²) >= 11 is 2.22. The Labute approximate surface area is 281 Å². The number of para-hydroxylation sites is 2. The number of halogens is 1. The van der Waals surface area contributed by atoms with E-state index in [4.69, 9.17) is 0 Å². The number of hydrogen-bond acceptors (Lipinski definition) is 0. The molecule has 4 aromatic rings. The van der Waals surface area contributed by atoms with Crippen molar-refractivity contribution < 1.29 is 26.7 Å². The molecule has 0 N–H and O–H groups in total. The topological polar surface area (TPSA) is 11.8 Å². The van der Waals surface area contributed by atoms with Gasteiger partial charge in [0.1, 0.15) is 12.4 Å². The average molecular weight is 703 g/mol. The van der Waals surface area contributed by atoms with Crippen LogP contribution in [0.15, 0.2) is 79.4 Å². The van der Waals surface area contributed by atoms with E-state index in [0.717, 1.165) is 0 Å². The number of fused-ring (bicyclic) bond motifs is 1. The first-order valence-corrected chi connectivity index (χ1v) is 18.0. The van der Waals surface area contributed by atoms with E-state index in [1.807, 2.05) is 0 Å². The van der Waals surface area contributed by atoms with E-state index >= 15 is 0 Å². The van der Waals surface area contributed by atoms with Crippen LogP contribution in [0.3, 0.4) is 0 Å². The van der Waals surface area contributed by atoms with E-state index in [2.05, 4.69) is 204 Å². The molecule has 1 aliphatic rings. The van der Waals surface area contributed by atoms with Crippen molar-refractivity contribution in [3.63, 3.8) is 0 Å². The number of allylic oxidation sites excluding steroid dienone is 1. The van der Waals surface area contributed by atoms with Crippen molar-refractivity contribution in [2.24, 2.45) is 5.41 Å². The molecule has 1 atom stereocenters. The zero-order chi connectivity index (χ0) is 32.8. The predicted molar refractivity (Wildman–Crippen MR) is 182 cm³/mol. The van der Waals surface area contributed by atoms with E-state index < -0.39 is 0 Å². The van der Waals surface area contributed by atoms with Crippen molar-refractivity contribution in [1.29, 1.82) is 0 Å². The van der Waals surface area contributed by atoms with Gasteiger partial charge in [0.05, 0.1) is 10.7 Å². The molecule has 0 saturated carbocycles. The van der Waals surface area contributed by atoms with Gasteiger partial charge in [0.15, 0.2) is 0 Å². The van der Waals surface area contributed by atoms with Crippen molar-refractivity contribution in [2.75, 3.05) is 0 Å². The van der Waals surface area contributed by atoms with Crippen LogP contribution in [0.5, 0.6) is 0 Å². The Morgan fingerprint density at radius 1 is 0.727 bits per heavy atom. The summed E-state index contributed by atoms with van der Waals surface area (Å²) in [5.74, 6) is 2.38. The van der Waals surface area contributed by atoms with Crippen LogP contribution in [0, 0.1) is 22.2 Å². The first-order chi connectivity index (χ1) is 20.8. The molecule has 1 heterocycles. The summed E-state index contributed by atoms with van der Waals surface area (Å²) < 4.78 is 4.65. The van der Waals surface area contributed by atoms with Gasteiger partial charge in [-0.2, -0.15) is 42.0 Å². The van der Waals surface area contributed by atoms with Crippen LogP contribution < -0.4 is 8.49 Å². The summed E-state index contributed by atoms with van der Waals surface area (Å²) in [5.41, 5.74) is 8.65. The van der Waals surface area contributed by atoms with Crippen molar-refractivity contribution in [2.45, 2.75) is 106 Å². The Hall–Kier alpha value is -2.44. The normalized spacial score (nSPS) is 14.1. The van der Waals surface area contributed by atoms with Crippen molar-refractivity contribution in [3.05, 3.63) is 130 Å². The quantitative estimate of drug-likeness (QED) is 0.114. The second-order valence-corrected chi connectivity index (χ2v) is 14.2. The van der Waals surface area contributed by atoms with Gasteiger partial charge < -0.3 is 0 Å². The minimum atomic E-state index is 0.281. The summed E-state index contributed by atoms with van der Waals surface area (Å²) in [6.45, 7) is 25.1. The van der Waals surface area contributed by atoms with Gasteiger partial charge in [0.25, 0.3) is 0 Å². The Balaban J connectivity index is 0.000000292. The van der Waals surface area contributed by atoms with E-state index in [9.17, 15) is 0 Å². The summed E-state index contributed by atoms with van der Waals surface area (Å²) in [5, 5.41) is 2.67. The number of hydrogen-bond donors (Lipinski definition) is 0. The summed E-state index contributed by atoms with van der Waals surface area (Å²) in [6.07, 6.45) is 12.3. The van der Waals surface area contributed by atoms with Crippen LogP contribution in [-0.2, 0) is 18.2 Å². The van der Waals surface area contributed by atoms with Gasteiger partial charge in [0.2, 0.25) is 0 Å². The third-order valence-corrected chi connectivity index (χ3v) is 8.42. The molecule has 44 heavy (non-hydrogen) atoms. The number of rotatable bonds is 4. The number of imidazole rings is 1. The van der Waals surface area contributed by atoms with Crippen LogP contribution in [0.25, 0.3) is 6.08 Å². The van der Waals surface area contributed by atoms with Crippen molar-refractivity contribution >= 4 is 15.6 Å². The zero-order valence-corrected chi connectivity index (χ0v) is 30.9. The second kappa shape index (κ2) is 15.7. The molecule has 0 amide bonds. The second-order valence-electron chi connectivity index (χ2n) is 14.2. The van der Waals surface area contributed by atoms with Gasteiger partial charge in [0, 0.05) is 0 Å². The Morgan fingerprint density at radius 2 is 1.18 bits per heavy atom. The maximum absolute atomic E-state index is 4.49. The van der Waals surface area contributed by atoms with Gasteiger partial charge in [-0.25, -0.2) is 14.6 Å². The predicted octanol–water partition coefficient (Wildman–Crippen LogP) is 10.4. The van der Waals surface area contributed by atoms with Gasteiger partial charge in [-0.05, 0) is 5.41 Å². The van der Waals surface area contributed by atoms with Gasteiger partial charge in [-0.1, -0.05) is 124 Å². The monoisotopic (exact) mass is 701 g/mol. The Kier molecular flexibility index (Phi) is 12.9. The molecule has 0 radical (unpaired) electrons. The molecule has 1 aromatic heterocycles. The molecule has 0 aliphatic heterocycles. The zero-order valence-electron chi connectivity index (χ0n) is 28.6. The van der Waals surface area contributed by atoms with Crippen LogP contribution in [0.4, 0.5) is 0 Å². The maximum atomic E-state index is 4.49. The fourth-order valence-corrected chi connectivity index (χ4v) is 6.12. The van der Waals surface area contributed by atoms with Crippen LogP contribution in [0.1, 0.15) is 139 Å². The summed E-state index contributed by atoms with van der Waals surface area (Å²) in [7, 11) is 4.49. The number of aromatic nitrogens is 2. The standard InChI is InChI=1S/C27H37N2.C13H15.ClH.Pd/c1-18(2)22-11-9-12-23(19(3)4)26(22)28-15-16-29(17-28)27-24(20(5)6)13-10-14-25(27)21(7)8;1-13(2,3)12-9-8-10-6-4-5-7-11(10)12;;/h9-21H,1-8H3;4-8,12H,1-3H3;1H;/q2*-1;;+2/p-1. The third-order valence-electron chi connectivity index (χ3n) is 8.42. The van der Waals surface area contributed by atoms with E-state index in [0.29, 0.717) is 29.6 Å². The molecule has 4 heteroatoms. The van der Waals surface area contributed by atoms with E-state index in [-0.39, 0.29) is 5.41 Å². The molecule has 5 rings (SSSR count). The summed E-state index contributed by atoms with van der Waals surface area (Å²) in [4.78, 5) is 0. The molecule has 1 unspecified atom stereocenters. The summed E-state index contributed by atoms with van der Waals surface area (Å²) in [6, 6.07) is 22.1. The van der Waals surface area contributed by atoms with Crippen LogP contribution in [0.2, 0.25) is 0 Å². The molecule has 240 valence electrons. The van der Waals surface area contributed by atoms with Crippen molar-refractivity contribution in [3.8, 4) is 0 Å². The Bertz CT molecular complexity index is 1590. The third kappa shape index (κ3) is 8.23. The Morgan fingerprint density at radius 3 is 1.59 bits per heavy atom. The number of nitrogens with zero attached hydrogens (tertiary/aromatic N) is 2. The fraction of sp³-hybridized carbons (Fsp3) is 0.425. The number of benzene rings is 3. The van der Waals surface area contributed by atoms with Crippen LogP contribution >= 0.6 is 9.53 Å². The average Bonchev–Trinajstić information content (AvgIpc) is 3.65. The SMILES string of the molecule is CC(C)(C)C1[C-]=Cc2ccccc21.CC(C)c1ccc[c-](C(C)C)c1=[n+]1cc[n+](=c2c(C(C)C)ccc[c-]2C(C)C)[cH-]1.[Cl][Pd+]. The van der Waals surface area contributed by atoms with E-state index in [1.165, 1.54) is 44.1 Å². The van der Waals surface area contributed by atoms with E-state index in [1.54, 1.807) is 0 Å². The molecule has 0 saturated heterocycles. The first kappa shape index (κ1) is 36.0. The first-order valence-electron chi connectivity index (χ1n) is 16.0. The fourth-order valence-electron chi connectivity index (χ4n) is 6.12. The van der Waals surface area contributed by atoms with Crippen molar-refractivity contribution in [1.82, 2.24) is 0 Å². The van der Waals surface area contributed by atoms with Gasteiger partial charge >= 0.3 is 34.0 Å². The molecule has 0 bridgehead atoms. The molecule has 0 fully saturated rings. The molecule has 1 aliphatic carbocycles. The molecular formula is C40H52ClN2Pd-. The molecule has 0 spiro atoms. The minimum absolute atomic E-state index is 0.281. The molecule has 2 nitrogen and oxygen atoms in total. The molecule has 3 aromatic carbocycles. The molecular weight excluding hydrogens is 650 g/mol. The van der Waals surface area contributed by atoms with Gasteiger partial charge in [-0.3, -0.25) is 6.08 Å². The van der Waals surface area contributed by atoms with Crippen LogP contribution in [-0.4, -0.2) is 0 Å².